The SMILES string of the molecule is CNC(=O)C1COC(COCc2csc3nc(C(=O)NCc4cccc(OC)c4)[nH]c(=O)c23)CO1. The Morgan fingerprint density at radius 2 is 2.14 bits per heavy atom. The minimum absolute atomic E-state index is 0.0573. The molecule has 3 heterocycles. The quantitative estimate of drug-likeness (QED) is 0.393. The van der Waals surface area contributed by atoms with Gasteiger partial charge in [-0.1, -0.05) is 12.1 Å². The number of benzene rings is 1. The molecule has 2 unspecified atom stereocenters. The van der Waals surface area contributed by atoms with Gasteiger partial charge in [0.1, 0.15) is 16.7 Å². The van der Waals surface area contributed by atoms with Gasteiger partial charge in [0.25, 0.3) is 17.4 Å². The number of methoxy groups -OCH3 is 1. The van der Waals surface area contributed by atoms with Gasteiger partial charge < -0.3 is 34.6 Å². The number of hydrogen-bond donors (Lipinski definition) is 3. The monoisotopic (exact) mass is 502 g/mol. The lowest BCUT2D eigenvalue weighted by atomic mass is 10.2. The maximum absolute atomic E-state index is 12.7. The summed E-state index contributed by atoms with van der Waals surface area (Å²) in [5, 5.41) is 7.44. The van der Waals surface area contributed by atoms with Crippen LogP contribution < -0.4 is 20.9 Å². The Morgan fingerprint density at radius 3 is 2.89 bits per heavy atom. The highest BCUT2D eigenvalue weighted by Gasteiger charge is 2.27. The summed E-state index contributed by atoms with van der Waals surface area (Å²) in [6.45, 7) is 1.07. The smallest absolute Gasteiger partial charge is 0.287 e. The number of thiophene rings is 1. The van der Waals surface area contributed by atoms with Crippen molar-refractivity contribution in [1.29, 1.82) is 0 Å². The van der Waals surface area contributed by atoms with E-state index in [1.807, 2.05) is 24.3 Å². The fourth-order valence-corrected chi connectivity index (χ4v) is 4.45. The second-order valence-electron chi connectivity index (χ2n) is 7.80. The van der Waals surface area contributed by atoms with Crippen LogP contribution in [0, 0.1) is 0 Å². The largest absolute Gasteiger partial charge is 0.497 e. The predicted octanol–water partition coefficient (Wildman–Crippen LogP) is 0.970. The Labute approximate surface area is 204 Å². The fourth-order valence-electron chi connectivity index (χ4n) is 3.52. The molecule has 0 aliphatic carbocycles. The van der Waals surface area contributed by atoms with Crippen LogP contribution >= 0.6 is 11.3 Å². The number of amides is 2. The fraction of sp³-hybridized carbons (Fsp3) is 0.391. The molecule has 11 nitrogen and oxygen atoms in total. The molecule has 186 valence electrons. The zero-order valence-electron chi connectivity index (χ0n) is 19.3. The van der Waals surface area contributed by atoms with Crippen LogP contribution in [0.5, 0.6) is 5.75 Å². The minimum Gasteiger partial charge on any atom is -0.497 e. The van der Waals surface area contributed by atoms with Gasteiger partial charge in [0, 0.05) is 19.2 Å². The number of aromatic nitrogens is 2. The molecule has 1 aliphatic heterocycles. The summed E-state index contributed by atoms with van der Waals surface area (Å²) < 4.78 is 22.0. The summed E-state index contributed by atoms with van der Waals surface area (Å²) in [4.78, 5) is 44.2. The standard InChI is InChI=1S/C23H26N4O7S/c1-24-20(28)17-11-33-16(10-34-17)9-32-8-14-12-35-23-18(14)21(29)26-19(27-23)22(30)25-7-13-4-3-5-15(6-13)31-2/h3-6,12,16-17H,7-11H2,1-2H3,(H,24,28)(H,25,30)(H,26,27,29). The zero-order chi connectivity index (χ0) is 24.8. The lowest BCUT2D eigenvalue weighted by Crippen LogP contribution is -2.45. The van der Waals surface area contributed by atoms with Crippen LogP contribution in [0.1, 0.15) is 21.7 Å². The number of likely N-dealkylation sites (N-methyl/N-ethyl adjacent to an activating group) is 1. The van der Waals surface area contributed by atoms with Crippen molar-refractivity contribution in [2.75, 3.05) is 34.0 Å². The summed E-state index contributed by atoms with van der Waals surface area (Å²) in [6.07, 6.45) is -0.930. The van der Waals surface area contributed by atoms with Gasteiger partial charge in [0.05, 0.1) is 38.9 Å². The number of hydrogen-bond acceptors (Lipinski definition) is 9. The first-order valence-corrected chi connectivity index (χ1v) is 11.8. The van der Waals surface area contributed by atoms with Crippen molar-refractivity contribution in [3.63, 3.8) is 0 Å². The number of H-pyrrole nitrogens is 1. The van der Waals surface area contributed by atoms with Gasteiger partial charge in [-0.15, -0.1) is 11.3 Å². The molecule has 2 aromatic heterocycles. The molecule has 2 atom stereocenters. The maximum atomic E-state index is 12.7. The van der Waals surface area contributed by atoms with Crippen molar-refractivity contribution < 1.29 is 28.5 Å². The molecule has 1 aromatic carbocycles. The molecule has 12 heteroatoms. The Hall–Kier alpha value is -3.32. The van der Waals surface area contributed by atoms with Gasteiger partial charge in [-0.05, 0) is 23.1 Å². The molecule has 0 spiro atoms. The van der Waals surface area contributed by atoms with E-state index in [0.717, 1.165) is 5.56 Å². The number of carbonyl (C=O) groups excluding carboxylic acids is 2. The number of nitrogens with zero attached hydrogens (tertiary/aromatic N) is 1. The second-order valence-corrected chi connectivity index (χ2v) is 8.65. The summed E-state index contributed by atoms with van der Waals surface area (Å²) >= 11 is 1.26. The van der Waals surface area contributed by atoms with Crippen molar-refractivity contribution in [2.24, 2.45) is 0 Å². The molecule has 0 saturated carbocycles. The summed E-state index contributed by atoms with van der Waals surface area (Å²) in [5.41, 5.74) is 1.11. The van der Waals surface area contributed by atoms with E-state index in [9.17, 15) is 14.4 Å². The molecule has 0 radical (unpaired) electrons. The van der Waals surface area contributed by atoms with Crippen molar-refractivity contribution in [2.45, 2.75) is 25.4 Å². The molecule has 2 amide bonds. The molecular formula is C23H26N4O7S. The molecule has 35 heavy (non-hydrogen) atoms. The maximum Gasteiger partial charge on any atom is 0.287 e. The van der Waals surface area contributed by atoms with E-state index in [0.29, 0.717) is 21.5 Å². The van der Waals surface area contributed by atoms with Crippen molar-refractivity contribution in [3.05, 3.63) is 57.0 Å². The van der Waals surface area contributed by atoms with Crippen LogP contribution in [-0.2, 0) is 32.2 Å². The van der Waals surface area contributed by atoms with Crippen LogP contribution in [0.3, 0.4) is 0 Å². The van der Waals surface area contributed by atoms with Gasteiger partial charge in [-0.2, -0.15) is 0 Å². The Morgan fingerprint density at radius 1 is 1.29 bits per heavy atom. The van der Waals surface area contributed by atoms with Gasteiger partial charge >= 0.3 is 0 Å². The highest BCUT2D eigenvalue weighted by Crippen LogP contribution is 2.22. The third-order valence-electron chi connectivity index (χ3n) is 5.39. The number of aromatic amines is 1. The minimum atomic E-state index is -0.622. The summed E-state index contributed by atoms with van der Waals surface area (Å²) in [5.74, 6) is -0.0800. The van der Waals surface area contributed by atoms with E-state index < -0.39 is 17.6 Å². The highest BCUT2D eigenvalue weighted by atomic mass is 32.1. The first-order valence-electron chi connectivity index (χ1n) is 10.9. The van der Waals surface area contributed by atoms with E-state index in [4.69, 9.17) is 18.9 Å². The average molecular weight is 503 g/mol. The number of nitrogens with one attached hydrogen (secondary N) is 3. The molecule has 0 bridgehead atoms. The van der Waals surface area contributed by atoms with Gasteiger partial charge in [-0.3, -0.25) is 14.4 Å². The number of fused-ring (bicyclic) bond motifs is 1. The average Bonchev–Trinajstić information content (AvgIpc) is 3.30. The molecular weight excluding hydrogens is 476 g/mol. The van der Waals surface area contributed by atoms with E-state index >= 15 is 0 Å². The number of carbonyl (C=O) groups is 2. The van der Waals surface area contributed by atoms with Crippen LogP contribution in [-0.4, -0.2) is 68.0 Å². The summed E-state index contributed by atoms with van der Waals surface area (Å²) in [7, 11) is 3.12. The van der Waals surface area contributed by atoms with Crippen LogP contribution in [0.4, 0.5) is 0 Å². The van der Waals surface area contributed by atoms with Crippen molar-refractivity contribution >= 4 is 33.4 Å². The molecule has 1 fully saturated rings. The first-order chi connectivity index (χ1) is 17.0. The van der Waals surface area contributed by atoms with Gasteiger partial charge in [-0.25, -0.2) is 4.98 Å². The summed E-state index contributed by atoms with van der Waals surface area (Å²) in [6, 6.07) is 7.32. The van der Waals surface area contributed by atoms with Crippen LogP contribution in [0.2, 0.25) is 0 Å². The third kappa shape index (κ3) is 6.03. The molecule has 1 aliphatic rings. The van der Waals surface area contributed by atoms with E-state index in [-0.39, 0.29) is 50.8 Å². The first kappa shape index (κ1) is 24.8. The lowest BCUT2D eigenvalue weighted by molar-refractivity contribution is -0.168. The molecule has 1 saturated heterocycles. The van der Waals surface area contributed by atoms with Crippen LogP contribution in [0.15, 0.2) is 34.4 Å². The topological polar surface area (TPSA) is 141 Å². The van der Waals surface area contributed by atoms with E-state index in [2.05, 4.69) is 20.6 Å². The Bertz CT molecular complexity index is 1250. The van der Waals surface area contributed by atoms with Gasteiger partial charge in [0.15, 0.2) is 6.10 Å². The molecule has 3 aromatic rings. The number of ether oxygens (including phenoxy) is 4. The van der Waals surface area contributed by atoms with Crippen molar-refractivity contribution in [3.8, 4) is 5.75 Å². The molecule has 3 N–H and O–H groups in total. The Kier molecular flexibility index (Phi) is 8.08. The van der Waals surface area contributed by atoms with Crippen LogP contribution in [0.25, 0.3) is 10.2 Å². The van der Waals surface area contributed by atoms with E-state index in [1.54, 1.807) is 19.5 Å². The number of rotatable bonds is 9. The second kappa shape index (κ2) is 11.4. The zero-order valence-corrected chi connectivity index (χ0v) is 20.1. The van der Waals surface area contributed by atoms with Crippen molar-refractivity contribution in [1.82, 2.24) is 20.6 Å². The third-order valence-corrected chi connectivity index (χ3v) is 6.31. The Balaban J connectivity index is 1.33. The van der Waals surface area contributed by atoms with Gasteiger partial charge in [0.2, 0.25) is 5.82 Å². The lowest BCUT2D eigenvalue weighted by Gasteiger charge is -2.28. The highest BCUT2D eigenvalue weighted by molar-refractivity contribution is 7.16. The molecule has 4 rings (SSSR count). The predicted molar refractivity (Wildman–Crippen MR) is 128 cm³/mol. The van der Waals surface area contributed by atoms with E-state index in [1.165, 1.54) is 11.3 Å². The normalized spacial score (nSPS) is 17.8.